The molecule has 0 aliphatic rings. The Morgan fingerprint density at radius 2 is 2.25 bits per heavy atom. The van der Waals surface area contributed by atoms with Gasteiger partial charge in [-0.15, -0.1) is 0 Å². The highest BCUT2D eigenvalue weighted by atomic mass is 16.5. The highest BCUT2D eigenvalue weighted by Gasteiger charge is 2.05. The maximum absolute atomic E-state index is 10.9. The Morgan fingerprint density at radius 1 is 1.67 bits per heavy atom. The van der Waals surface area contributed by atoms with Gasteiger partial charge in [0, 0.05) is 11.6 Å². The molecule has 0 aromatic heterocycles. The van der Waals surface area contributed by atoms with Gasteiger partial charge in [0.15, 0.2) is 0 Å². The maximum atomic E-state index is 10.9. The molecule has 0 spiro atoms. The smallest absolute Gasteiger partial charge is 0.333 e. The SMILES string of the molecule is C=C(C)C(=O)OCC(C)NCC. The fourth-order valence-electron chi connectivity index (χ4n) is 0.731. The van der Waals surface area contributed by atoms with E-state index in [2.05, 4.69) is 11.9 Å². The minimum absolute atomic E-state index is 0.207. The van der Waals surface area contributed by atoms with Gasteiger partial charge in [-0.2, -0.15) is 0 Å². The highest BCUT2D eigenvalue weighted by Crippen LogP contribution is 1.93. The van der Waals surface area contributed by atoms with Crippen LogP contribution in [-0.4, -0.2) is 25.2 Å². The van der Waals surface area contributed by atoms with Gasteiger partial charge in [-0.05, 0) is 20.4 Å². The molecule has 3 nitrogen and oxygen atoms in total. The lowest BCUT2D eigenvalue weighted by Gasteiger charge is -2.12. The van der Waals surface area contributed by atoms with Gasteiger partial charge in [0.25, 0.3) is 0 Å². The second kappa shape index (κ2) is 5.77. The van der Waals surface area contributed by atoms with Crippen LogP contribution in [0.25, 0.3) is 0 Å². The molecule has 12 heavy (non-hydrogen) atoms. The Hall–Kier alpha value is -0.830. The molecule has 1 unspecified atom stereocenters. The van der Waals surface area contributed by atoms with Crippen LogP contribution in [0.15, 0.2) is 12.2 Å². The lowest BCUT2D eigenvalue weighted by Crippen LogP contribution is -2.31. The average molecular weight is 171 g/mol. The van der Waals surface area contributed by atoms with Gasteiger partial charge >= 0.3 is 5.97 Å². The van der Waals surface area contributed by atoms with Gasteiger partial charge < -0.3 is 10.1 Å². The Morgan fingerprint density at radius 3 is 2.67 bits per heavy atom. The largest absolute Gasteiger partial charge is 0.461 e. The average Bonchev–Trinajstić information content (AvgIpc) is 2.00. The molecule has 0 bridgehead atoms. The molecule has 0 rings (SSSR count). The molecule has 0 saturated carbocycles. The molecule has 70 valence electrons. The number of ether oxygens (including phenoxy) is 1. The summed E-state index contributed by atoms with van der Waals surface area (Å²) in [7, 11) is 0. The molecule has 0 amide bonds. The minimum atomic E-state index is -0.320. The Balaban J connectivity index is 3.54. The van der Waals surface area contributed by atoms with E-state index in [0.29, 0.717) is 12.2 Å². The van der Waals surface area contributed by atoms with Crippen molar-refractivity contribution in [1.29, 1.82) is 0 Å². The van der Waals surface area contributed by atoms with E-state index >= 15 is 0 Å². The fourth-order valence-corrected chi connectivity index (χ4v) is 0.731. The van der Waals surface area contributed by atoms with E-state index in [9.17, 15) is 4.79 Å². The van der Waals surface area contributed by atoms with Crippen molar-refractivity contribution in [3.63, 3.8) is 0 Å². The van der Waals surface area contributed by atoms with Crippen molar-refractivity contribution >= 4 is 5.97 Å². The fraction of sp³-hybridized carbons (Fsp3) is 0.667. The first-order valence-corrected chi connectivity index (χ1v) is 4.14. The zero-order valence-corrected chi connectivity index (χ0v) is 8.02. The number of nitrogens with one attached hydrogen (secondary N) is 1. The normalized spacial score (nSPS) is 12.2. The maximum Gasteiger partial charge on any atom is 0.333 e. The van der Waals surface area contributed by atoms with E-state index < -0.39 is 0 Å². The molecule has 0 saturated heterocycles. The van der Waals surface area contributed by atoms with Crippen LogP contribution in [0.3, 0.4) is 0 Å². The molecule has 0 aromatic rings. The van der Waals surface area contributed by atoms with E-state index in [4.69, 9.17) is 4.74 Å². The third-order valence-electron chi connectivity index (χ3n) is 1.37. The molecule has 1 atom stereocenters. The van der Waals surface area contributed by atoms with Gasteiger partial charge in [-0.1, -0.05) is 13.5 Å². The number of carbonyl (C=O) groups excluding carboxylic acids is 1. The van der Waals surface area contributed by atoms with Crippen molar-refractivity contribution in [2.75, 3.05) is 13.2 Å². The molecular formula is C9H17NO2. The Bertz CT molecular complexity index is 166. The van der Waals surface area contributed by atoms with E-state index in [1.165, 1.54) is 0 Å². The summed E-state index contributed by atoms with van der Waals surface area (Å²) in [5.41, 5.74) is 0.443. The van der Waals surface area contributed by atoms with Crippen LogP contribution in [0.5, 0.6) is 0 Å². The predicted octanol–water partition coefficient (Wildman–Crippen LogP) is 1.10. The zero-order chi connectivity index (χ0) is 9.56. The van der Waals surface area contributed by atoms with Crippen molar-refractivity contribution in [2.24, 2.45) is 0 Å². The quantitative estimate of drug-likeness (QED) is 0.497. The molecule has 0 aromatic carbocycles. The minimum Gasteiger partial charge on any atom is -0.461 e. The van der Waals surface area contributed by atoms with Crippen LogP contribution in [0.4, 0.5) is 0 Å². The first-order chi connectivity index (χ1) is 5.57. The van der Waals surface area contributed by atoms with Crippen molar-refractivity contribution in [3.8, 4) is 0 Å². The van der Waals surface area contributed by atoms with E-state index in [1.807, 2.05) is 13.8 Å². The van der Waals surface area contributed by atoms with Crippen LogP contribution in [0, 0.1) is 0 Å². The lowest BCUT2D eigenvalue weighted by atomic mass is 10.3. The molecular weight excluding hydrogens is 154 g/mol. The number of esters is 1. The summed E-state index contributed by atoms with van der Waals surface area (Å²) in [5, 5.41) is 3.13. The van der Waals surface area contributed by atoms with E-state index in [-0.39, 0.29) is 12.0 Å². The monoisotopic (exact) mass is 171 g/mol. The molecule has 0 aliphatic heterocycles. The zero-order valence-electron chi connectivity index (χ0n) is 8.02. The van der Waals surface area contributed by atoms with Gasteiger partial charge in [0.1, 0.15) is 6.61 Å². The molecule has 1 N–H and O–H groups in total. The first-order valence-electron chi connectivity index (χ1n) is 4.14. The summed E-state index contributed by atoms with van der Waals surface area (Å²) in [4.78, 5) is 10.9. The van der Waals surface area contributed by atoms with Gasteiger partial charge in [0.05, 0.1) is 0 Å². The number of carbonyl (C=O) groups is 1. The van der Waals surface area contributed by atoms with Crippen molar-refractivity contribution in [2.45, 2.75) is 26.8 Å². The van der Waals surface area contributed by atoms with Crippen LogP contribution < -0.4 is 5.32 Å². The summed E-state index contributed by atoms with van der Waals surface area (Å²) < 4.78 is 4.92. The second-order valence-corrected chi connectivity index (χ2v) is 2.84. The third kappa shape index (κ3) is 4.91. The predicted molar refractivity (Wildman–Crippen MR) is 48.9 cm³/mol. The van der Waals surface area contributed by atoms with E-state index in [1.54, 1.807) is 6.92 Å². The second-order valence-electron chi connectivity index (χ2n) is 2.84. The van der Waals surface area contributed by atoms with Crippen LogP contribution in [0.1, 0.15) is 20.8 Å². The highest BCUT2D eigenvalue weighted by molar-refractivity contribution is 5.86. The van der Waals surface area contributed by atoms with Gasteiger partial charge in [0.2, 0.25) is 0 Å². The van der Waals surface area contributed by atoms with Gasteiger partial charge in [-0.25, -0.2) is 4.79 Å². The van der Waals surface area contributed by atoms with Crippen molar-refractivity contribution in [3.05, 3.63) is 12.2 Å². The molecule has 3 heteroatoms. The summed E-state index contributed by atoms with van der Waals surface area (Å²) in [5.74, 6) is -0.320. The van der Waals surface area contributed by atoms with Crippen LogP contribution in [0.2, 0.25) is 0 Å². The van der Waals surface area contributed by atoms with Crippen LogP contribution >= 0.6 is 0 Å². The number of rotatable bonds is 5. The Kier molecular flexibility index (Phi) is 5.37. The number of hydrogen-bond acceptors (Lipinski definition) is 3. The van der Waals surface area contributed by atoms with Crippen molar-refractivity contribution < 1.29 is 9.53 Å². The molecule has 0 radical (unpaired) electrons. The Labute approximate surface area is 73.8 Å². The van der Waals surface area contributed by atoms with Gasteiger partial charge in [-0.3, -0.25) is 0 Å². The number of hydrogen-bond donors (Lipinski definition) is 1. The molecule has 0 aliphatic carbocycles. The molecule has 0 heterocycles. The lowest BCUT2D eigenvalue weighted by molar-refractivity contribution is -0.139. The van der Waals surface area contributed by atoms with Crippen LogP contribution in [-0.2, 0) is 9.53 Å². The topological polar surface area (TPSA) is 38.3 Å². The van der Waals surface area contributed by atoms with Crippen molar-refractivity contribution in [1.82, 2.24) is 5.32 Å². The standard InChI is InChI=1S/C9H17NO2/c1-5-10-8(4)6-12-9(11)7(2)3/h8,10H,2,5-6H2,1,3-4H3. The summed E-state index contributed by atoms with van der Waals surface area (Å²) >= 11 is 0. The number of likely N-dealkylation sites (N-methyl/N-ethyl adjacent to an activating group) is 1. The molecule has 0 fully saturated rings. The summed E-state index contributed by atoms with van der Waals surface area (Å²) in [6.45, 7) is 10.4. The van der Waals surface area contributed by atoms with E-state index in [0.717, 1.165) is 6.54 Å². The third-order valence-corrected chi connectivity index (χ3v) is 1.37. The first kappa shape index (κ1) is 11.2. The summed E-state index contributed by atoms with van der Waals surface area (Å²) in [6, 6.07) is 0.207. The summed E-state index contributed by atoms with van der Waals surface area (Å²) in [6.07, 6.45) is 0.